The number of rotatable bonds is 4. The minimum Gasteiger partial charge on any atom is -0.457 e. The van der Waals surface area contributed by atoms with Crippen molar-refractivity contribution in [3.05, 3.63) is 120 Å². The van der Waals surface area contributed by atoms with Crippen LogP contribution in [-0.2, 0) is 0 Å². The van der Waals surface area contributed by atoms with E-state index in [9.17, 15) is 0 Å². The van der Waals surface area contributed by atoms with Gasteiger partial charge in [-0.3, -0.25) is 0 Å². The number of hydrogen-bond acceptors (Lipinski definition) is 3. The molecule has 0 saturated carbocycles. The lowest BCUT2D eigenvalue weighted by Gasteiger charge is -2.07. The van der Waals surface area contributed by atoms with E-state index in [4.69, 9.17) is 14.1 Å². The molecule has 0 radical (unpaired) electrons. The van der Waals surface area contributed by atoms with Crippen LogP contribution in [0.1, 0.15) is 5.56 Å². The number of hydrogen-bond donors (Lipinski definition) is 0. The number of fused-ring (bicyclic) bond motifs is 1. The van der Waals surface area contributed by atoms with E-state index in [-0.39, 0.29) is 0 Å². The highest BCUT2D eigenvalue weighted by molar-refractivity contribution is 5.79. The van der Waals surface area contributed by atoms with E-state index in [0.29, 0.717) is 0 Å². The zero-order chi connectivity index (χ0) is 21.0. The van der Waals surface area contributed by atoms with Gasteiger partial charge in [0.25, 0.3) is 0 Å². The van der Waals surface area contributed by atoms with Crippen molar-refractivity contribution in [1.29, 1.82) is 0 Å². The van der Waals surface area contributed by atoms with Crippen LogP contribution in [0.5, 0.6) is 11.5 Å². The molecule has 0 aliphatic heterocycles. The molecule has 3 heteroatoms. The summed E-state index contributed by atoms with van der Waals surface area (Å²) in [5.74, 6) is 2.38. The molecule has 0 saturated heterocycles. The van der Waals surface area contributed by atoms with Gasteiger partial charge in [0.15, 0.2) is 0 Å². The summed E-state index contributed by atoms with van der Waals surface area (Å²) < 4.78 is 12.1. The second-order valence-electron chi connectivity index (χ2n) is 7.38. The quantitative estimate of drug-likeness (QED) is 0.313. The molecule has 0 N–H and O–H groups in total. The van der Waals surface area contributed by atoms with Crippen LogP contribution in [0, 0.1) is 6.92 Å². The molecule has 0 amide bonds. The molecule has 0 atom stereocenters. The maximum atomic E-state index is 6.19. The van der Waals surface area contributed by atoms with Crippen LogP contribution >= 0.6 is 0 Å². The first-order valence-corrected chi connectivity index (χ1v) is 10.2. The van der Waals surface area contributed by atoms with Gasteiger partial charge < -0.3 is 9.15 Å². The van der Waals surface area contributed by atoms with Gasteiger partial charge in [-0.2, -0.15) is 0 Å². The fourth-order valence-corrected chi connectivity index (χ4v) is 3.47. The molecular formula is C28H21NO2. The van der Waals surface area contributed by atoms with Crippen LogP contribution in [0.15, 0.2) is 119 Å². The van der Waals surface area contributed by atoms with Gasteiger partial charge in [-0.15, -0.1) is 0 Å². The minimum absolute atomic E-state index is 0.777. The van der Waals surface area contributed by atoms with Gasteiger partial charge in [-0.25, -0.2) is 4.99 Å². The average Bonchev–Trinajstić information content (AvgIpc) is 2.82. The summed E-state index contributed by atoms with van der Waals surface area (Å²) in [6.45, 7) is 2.07. The molecule has 5 aromatic rings. The first-order valence-electron chi connectivity index (χ1n) is 10.2. The molecule has 1 heterocycles. The van der Waals surface area contributed by atoms with Gasteiger partial charge in [-0.1, -0.05) is 60.2 Å². The molecule has 31 heavy (non-hydrogen) atoms. The summed E-state index contributed by atoms with van der Waals surface area (Å²) in [5, 5.41) is 1.87. The fourth-order valence-electron chi connectivity index (χ4n) is 3.47. The molecular weight excluding hydrogens is 382 g/mol. The Morgan fingerprint density at radius 2 is 1.35 bits per heavy atom. The molecule has 0 spiro atoms. The standard InChI is InChI=1S/C28H21NO2/c1-20-12-17-27-25(18-20)26(19-28(31-27)21-8-4-2-5-9-21)29-22-13-15-24(16-14-22)30-23-10-6-3-7-11-23/h2-19H,1H3. The van der Waals surface area contributed by atoms with Crippen LogP contribution in [0.3, 0.4) is 0 Å². The van der Waals surface area contributed by atoms with Gasteiger partial charge in [0.05, 0.1) is 11.0 Å². The molecule has 0 bridgehead atoms. The molecule has 5 rings (SSSR count). The molecule has 4 aromatic carbocycles. The lowest BCUT2D eigenvalue weighted by Crippen LogP contribution is -2.03. The van der Waals surface area contributed by atoms with Crippen LogP contribution in [0.25, 0.3) is 22.3 Å². The van der Waals surface area contributed by atoms with E-state index in [2.05, 4.69) is 19.1 Å². The van der Waals surface area contributed by atoms with Crippen LogP contribution in [-0.4, -0.2) is 0 Å². The Hall–Kier alpha value is -4.11. The summed E-state index contributed by atoms with van der Waals surface area (Å²) in [4.78, 5) is 4.93. The van der Waals surface area contributed by atoms with Crippen molar-refractivity contribution in [2.75, 3.05) is 0 Å². The molecule has 0 aliphatic carbocycles. The normalized spacial score (nSPS) is 11.6. The second kappa shape index (κ2) is 8.33. The number of nitrogens with zero attached hydrogens (tertiary/aromatic N) is 1. The minimum atomic E-state index is 0.777. The van der Waals surface area contributed by atoms with Crippen molar-refractivity contribution in [3.63, 3.8) is 0 Å². The molecule has 0 aliphatic rings. The van der Waals surface area contributed by atoms with E-state index < -0.39 is 0 Å². The first kappa shape index (κ1) is 18.9. The third-order valence-corrected chi connectivity index (χ3v) is 5.02. The number of benzene rings is 4. The Labute approximate surface area is 180 Å². The SMILES string of the molecule is Cc1ccc2oc(-c3ccccc3)cc(=Nc3ccc(Oc4ccccc4)cc3)c2c1. The van der Waals surface area contributed by atoms with Crippen LogP contribution in [0.4, 0.5) is 5.69 Å². The Morgan fingerprint density at radius 3 is 2.10 bits per heavy atom. The summed E-state index contributed by atoms with van der Waals surface area (Å²) in [7, 11) is 0. The Kier molecular flexibility index (Phi) is 5.07. The van der Waals surface area contributed by atoms with Gasteiger partial charge in [0.1, 0.15) is 22.8 Å². The Bertz CT molecular complexity index is 1390. The highest BCUT2D eigenvalue weighted by Crippen LogP contribution is 2.25. The predicted molar refractivity (Wildman–Crippen MR) is 125 cm³/mol. The van der Waals surface area contributed by atoms with E-state index in [0.717, 1.165) is 44.8 Å². The van der Waals surface area contributed by atoms with Crippen molar-refractivity contribution < 1.29 is 9.15 Å². The van der Waals surface area contributed by atoms with Crippen molar-refractivity contribution in [1.82, 2.24) is 0 Å². The molecule has 150 valence electrons. The van der Waals surface area contributed by atoms with E-state index in [1.165, 1.54) is 5.56 Å². The zero-order valence-corrected chi connectivity index (χ0v) is 17.2. The summed E-state index contributed by atoms with van der Waals surface area (Å²) >= 11 is 0. The van der Waals surface area contributed by atoms with Crippen molar-refractivity contribution in [2.45, 2.75) is 6.92 Å². The second-order valence-corrected chi connectivity index (χ2v) is 7.38. The van der Waals surface area contributed by atoms with Crippen molar-refractivity contribution in [3.8, 4) is 22.8 Å². The van der Waals surface area contributed by atoms with Gasteiger partial charge in [-0.05, 0) is 55.5 Å². The summed E-state index contributed by atoms with van der Waals surface area (Å²) in [6, 6.07) is 35.8. The molecule has 3 nitrogen and oxygen atoms in total. The molecule has 0 unspecified atom stereocenters. The third-order valence-electron chi connectivity index (χ3n) is 5.02. The van der Waals surface area contributed by atoms with Gasteiger partial charge in [0.2, 0.25) is 0 Å². The highest BCUT2D eigenvalue weighted by Gasteiger charge is 2.06. The molecule has 0 fully saturated rings. The van der Waals surface area contributed by atoms with Crippen molar-refractivity contribution >= 4 is 16.7 Å². The highest BCUT2D eigenvalue weighted by atomic mass is 16.5. The number of ether oxygens (including phenoxy) is 1. The zero-order valence-electron chi connectivity index (χ0n) is 17.2. The largest absolute Gasteiger partial charge is 0.457 e. The van der Waals surface area contributed by atoms with E-state index in [1.807, 2.05) is 97.1 Å². The topological polar surface area (TPSA) is 34.7 Å². The predicted octanol–water partition coefficient (Wildman–Crippen LogP) is 7.43. The summed E-state index contributed by atoms with van der Waals surface area (Å²) in [6.07, 6.45) is 0. The van der Waals surface area contributed by atoms with Crippen molar-refractivity contribution in [2.24, 2.45) is 4.99 Å². The van der Waals surface area contributed by atoms with Crippen LogP contribution < -0.4 is 10.1 Å². The van der Waals surface area contributed by atoms with Gasteiger partial charge >= 0.3 is 0 Å². The smallest absolute Gasteiger partial charge is 0.136 e. The lowest BCUT2D eigenvalue weighted by molar-refractivity contribution is 0.483. The molecule has 1 aromatic heterocycles. The first-order chi connectivity index (χ1) is 15.2. The fraction of sp³-hybridized carbons (Fsp3) is 0.0357. The maximum Gasteiger partial charge on any atom is 0.136 e. The third kappa shape index (κ3) is 4.26. The Morgan fingerprint density at radius 1 is 0.677 bits per heavy atom. The van der Waals surface area contributed by atoms with Gasteiger partial charge in [0, 0.05) is 17.0 Å². The maximum absolute atomic E-state index is 6.19. The summed E-state index contributed by atoms with van der Waals surface area (Å²) in [5.41, 5.74) is 3.86. The lowest BCUT2D eigenvalue weighted by atomic mass is 10.1. The Balaban J connectivity index is 1.57. The number of para-hydroxylation sites is 1. The van der Waals surface area contributed by atoms with Crippen LogP contribution in [0.2, 0.25) is 0 Å². The average molecular weight is 403 g/mol. The number of aryl methyl sites for hydroxylation is 1. The van der Waals surface area contributed by atoms with E-state index >= 15 is 0 Å². The van der Waals surface area contributed by atoms with E-state index in [1.54, 1.807) is 0 Å². The monoisotopic (exact) mass is 403 g/mol.